The highest BCUT2D eigenvalue weighted by Gasteiger charge is 2.28. The molecule has 6 heteroatoms. The number of hydrogen-bond acceptors (Lipinski definition) is 4. The van der Waals surface area contributed by atoms with Crippen LogP contribution in [0.1, 0.15) is 55.7 Å². The molecular formula is C27H36N2O4. The van der Waals surface area contributed by atoms with Crippen LogP contribution in [-0.2, 0) is 22.6 Å². The molecule has 0 aromatic heterocycles. The summed E-state index contributed by atoms with van der Waals surface area (Å²) in [5.41, 5.74) is 3.15. The van der Waals surface area contributed by atoms with Crippen molar-refractivity contribution in [3.8, 4) is 11.5 Å². The quantitative estimate of drug-likeness (QED) is 0.579. The molecule has 33 heavy (non-hydrogen) atoms. The third-order valence-corrected chi connectivity index (χ3v) is 6.55. The second-order valence-corrected chi connectivity index (χ2v) is 8.80. The van der Waals surface area contributed by atoms with Gasteiger partial charge in [-0.3, -0.25) is 9.59 Å². The summed E-state index contributed by atoms with van der Waals surface area (Å²) in [5, 5.41) is 3.15. The Kier molecular flexibility index (Phi) is 8.75. The highest BCUT2D eigenvalue weighted by molar-refractivity contribution is 5.87. The van der Waals surface area contributed by atoms with Crippen molar-refractivity contribution in [2.24, 2.45) is 0 Å². The first-order valence-corrected chi connectivity index (χ1v) is 11.8. The number of hydrogen-bond donors (Lipinski definition) is 1. The first-order chi connectivity index (χ1) is 15.9. The van der Waals surface area contributed by atoms with Crippen molar-refractivity contribution in [1.82, 2.24) is 10.2 Å². The van der Waals surface area contributed by atoms with Gasteiger partial charge in [-0.2, -0.15) is 0 Å². The Morgan fingerprint density at radius 2 is 1.76 bits per heavy atom. The van der Waals surface area contributed by atoms with Gasteiger partial charge in [0.05, 0.1) is 14.2 Å². The molecule has 2 amide bonds. The molecule has 0 bridgehead atoms. The highest BCUT2D eigenvalue weighted by atomic mass is 16.5. The molecule has 0 spiro atoms. The first-order valence-electron chi connectivity index (χ1n) is 11.8. The molecule has 2 aromatic rings. The fourth-order valence-corrected chi connectivity index (χ4v) is 4.38. The van der Waals surface area contributed by atoms with Gasteiger partial charge in [0.2, 0.25) is 11.8 Å². The second-order valence-electron chi connectivity index (χ2n) is 8.80. The van der Waals surface area contributed by atoms with E-state index in [4.69, 9.17) is 9.47 Å². The Bertz CT molecular complexity index is 953. The Balaban J connectivity index is 1.73. The molecule has 1 fully saturated rings. The minimum Gasteiger partial charge on any atom is -0.493 e. The topological polar surface area (TPSA) is 67.9 Å². The summed E-state index contributed by atoms with van der Waals surface area (Å²) in [6.45, 7) is 4.28. The summed E-state index contributed by atoms with van der Waals surface area (Å²) in [6.07, 6.45) is 5.20. The van der Waals surface area contributed by atoms with Crippen molar-refractivity contribution in [1.29, 1.82) is 0 Å². The smallest absolute Gasteiger partial charge is 0.242 e. The zero-order valence-corrected chi connectivity index (χ0v) is 20.2. The lowest BCUT2D eigenvalue weighted by atomic mass is 10.0. The SMILES string of the molecule is COc1ccc(CCC(=O)N(Cc2ccccc2C)C(C)C(=O)NC2CCCC2)cc1OC. The molecule has 0 heterocycles. The van der Waals surface area contributed by atoms with Crippen LogP contribution in [0.2, 0.25) is 0 Å². The number of methoxy groups -OCH3 is 2. The first kappa shape index (κ1) is 24.6. The maximum Gasteiger partial charge on any atom is 0.242 e. The number of carbonyl (C=O) groups excluding carboxylic acids is 2. The fraction of sp³-hybridized carbons (Fsp3) is 0.481. The molecule has 2 aromatic carbocycles. The molecule has 3 rings (SSSR count). The molecule has 1 aliphatic rings. The zero-order chi connectivity index (χ0) is 23.8. The van der Waals surface area contributed by atoms with E-state index in [1.54, 1.807) is 19.1 Å². The van der Waals surface area contributed by atoms with Gasteiger partial charge in [0.25, 0.3) is 0 Å². The monoisotopic (exact) mass is 452 g/mol. The van der Waals surface area contributed by atoms with Crippen LogP contribution in [-0.4, -0.2) is 43.0 Å². The van der Waals surface area contributed by atoms with Crippen LogP contribution >= 0.6 is 0 Å². The van der Waals surface area contributed by atoms with Crippen LogP contribution in [0.15, 0.2) is 42.5 Å². The summed E-state index contributed by atoms with van der Waals surface area (Å²) < 4.78 is 10.7. The lowest BCUT2D eigenvalue weighted by Gasteiger charge is -2.30. The van der Waals surface area contributed by atoms with Crippen LogP contribution < -0.4 is 14.8 Å². The van der Waals surface area contributed by atoms with Crippen LogP contribution in [0.25, 0.3) is 0 Å². The highest BCUT2D eigenvalue weighted by Crippen LogP contribution is 2.28. The molecule has 1 atom stereocenters. The average molecular weight is 453 g/mol. The summed E-state index contributed by atoms with van der Waals surface area (Å²) >= 11 is 0. The van der Waals surface area contributed by atoms with E-state index in [1.165, 1.54) is 0 Å². The van der Waals surface area contributed by atoms with Gasteiger partial charge >= 0.3 is 0 Å². The van der Waals surface area contributed by atoms with Crippen molar-refractivity contribution in [3.05, 3.63) is 59.2 Å². The summed E-state index contributed by atoms with van der Waals surface area (Å²) in [4.78, 5) is 28.1. The lowest BCUT2D eigenvalue weighted by molar-refractivity contribution is -0.140. The normalized spacial score (nSPS) is 14.5. The van der Waals surface area contributed by atoms with Gasteiger partial charge in [-0.1, -0.05) is 43.2 Å². The van der Waals surface area contributed by atoms with E-state index in [-0.39, 0.29) is 17.9 Å². The van der Waals surface area contributed by atoms with E-state index in [2.05, 4.69) is 5.32 Å². The van der Waals surface area contributed by atoms with Gasteiger partial charge < -0.3 is 19.7 Å². The maximum absolute atomic E-state index is 13.4. The third kappa shape index (κ3) is 6.50. The average Bonchev–Trinajstić information content (AvgIpc) is 3.34. The van der Waals surface area contributed by atoms with Crippen molar-refractivity contribution in [3.63, 3.8) is 0 Å². The number of benzene rings is 2. The molecule has 1 N–H and O–H groups in total. The molecule has 0 aliphatic heterocycles. The largest absolute Gasteiger partial charge is 0.493 e. The van der Waals surface area contributed by atoms with Gasteiger partial charge in [-0.05, 0) is 61.9 Å². The standard InChI is InChI=1S/C27H36N2O4/c1-19-9-5-6-10-22(19)18-29(20(2)27(31)28-23-11-7-8-12-23)26(30)16-14-21-13-15-24(32-3)25(17-21)33-4/h5-6,9-10,13,15,17,20,23H,7-8,11-12,14,16,18H2,1-4H3,(H,28,31). The van der Waals surface area contributed by atoms with E-state index < -0.39 is 6.04 Å². The molecule has 0 radical (unpaired) electrons. The molecule has 0 saturated heterocycles. The van der Waals surface area contributed by atoms with Crippen LogP contribution in [0.4, 0.5) is 0 Å². The summed E-state index contributed by atoms with van der Waals surface area (Å²) in [7, 11) is 3.20. The number of carbonyl (C=O) groups is 2. The predicted molar refractivity (Wildman–Crippen MR) is 129 cm³/mol. The van der Waals surface area contributed by atoms with Gasteiger partial charge in [0.1, 0.15) is 6.04 Å². The molecule has 6 nitrogen and oxygen atoms in total. The van der Waals surface area contributed by atoms with Gasteiger partial charge in [-0.15, -0.1) is 0 Å². The van der Waals surface area contributed by atoms with Gasteiger partial charge in [-0.25, -0.2) is 0 Å². The molecule has 1 saturated carbocycles. The molecule has 1 unspecified atom stereocenters. The minimum absolute atomic E-state index is 0.0397. The van der Waals surface area contributed by atoms with Crippen molar-refractivity contribution in [2.45, 2.75) is 71.0 Å². The fourth-order valence-electron chi connectivity index (χ4n) is 4.38. The number of nitrogens with one attached hydrogen (secondary N) is 1. The van der Waals surface area contributed by atoms with Gasteiger partial charge in [0.15, 0.2) is 11.5 Å². The van der Waals surface area contributed by atoms with E-state index in [9.17, 15) is 9.59 Å². The maximum atomic E-state index is 13.4. The van der Waals surface area contributed by atoms with Crippen LogP contribution in [0.5, 0.6) is 11.5 Å². The Morgan fingerprint density at radius 1 is 1.06 bits per heavy atom. The van der Waals surface area contributed by atoms with E-state index in [0.717, 1.165) is 42.4 Å². The van der Waals surface area contributed by atoms with Crippen molar-refractivity contribution in [2.75, 3.05) is 14.2 Å². The van der Waals surface area contributed by atoms with Gasteiger partial charge in [0, 0.05) is 19.0 Å². The van der Waals surface area contributed by atoms with Crippen LogP contribution in [0.3, 0.4) is 0 Å². The van der Waals surface area contributed by atoms with Crippen LogP contribution in [0, 0.1) is 6.92 Å². The summed E-state index contributed by atoms with van der Waals surface area (Å²) in [6, 6.07) is 13.4. The number of ether oxygens (including phenoxy) is 2. The Labute approximate surface area is 197 Å². The Morgan fingerprint density at radius 3 is 2.42 bits per heavy atom. The lowest BCUT2D eigenvalue weighted by Crippen LogP contribution is -2.49. The number of nitrogens with zero attached hydrogens (tertiary/aromatic N) is 1. The minimum atomic E-state index is -0.539. The number of rotatable bonds is 10. The molecule has 1 aliphatic carbocycles. The zero-order valence-electron chi connectivity index (χ0n) is 20.2. The van der Waals surface area contributed by atoms with E-state index in [1.807, 2.05) is 56.3 Å². The third-order valence-electron chi connectivity index (χ3n) is 6.55. The molecular weight excluding hydrogens is 416 g/mol. The predicted octanol–water partition coefficient (Wildman–Crippen LogP) is 4.42. The summed E-state index contributed by atoms with van der Waals surface area (Å²) in [5.74, 6) is 1.19. The second kappa shape index (κ2) is 11.7. The molecule has 178 valence electrons. The number of amides is 2. The van der Waals surface area contributed by atoms with E-state index in [0.29, 0.717) is 30.9 Å². The van der Waals surface area contributed by atoms with E-state index >= 15 is 0 Å². The van der Waals surface area contributed by atoms with Crippen molar-refractivity contribution < 1.29 is 19.1 Å². The number of aryl methyl sites for hydroxylation is 2. The Hall–Kier alpha value is -3.02. The van der Waals surface area contributed by atoms with Crippen molar-refractivity contribution >= 4 is 11.8 Å².